The van der Waals surface area contributed by atoms with Gasteiger partial charge in [-0.15, -0.1) is 10.2 Å². The number of carbonyl (C=O) groups is 1. The highest BCUT2D eigenvalue weighted by Gasteiger charge is 2.20. The van der Waals surface area contributed by atoms with Crippen molar-refractivity contribution in [2.24, 2.45) is 12.1 Å². The Morgan fingerprint density at radius 3 is 2.57 bits per heavy atom. The largest absolute Gasteiger partial charge is 0.497 e. The maximum absolute atomic E-state index is 12.4. The average Bonchev–Trinajstić information content (AvgIpc) is 3.12. The van der Waals surface area contributed by atoms with Gasteiger partial charge in [0.15, 0.2) is 11.0 Å². The average molecular weight is 426 g/mol. The number of aromatic nitrogens is 3. The molecule has 0 radical (unpaired) electrons. The summed E-state index contributed by atoms with van der Waals surface area (Å²) in [6.07, 6.45) is 0. The van der Waals surface area contributed by atoms with Crippen LogP contribution in [0.15, 0.2) is 58.8 Å². The van der Waals surface area contributed by atoms with Crippen molar-refractivity contribution in [3.63, 3.8) is 0 Å². The Kier molecular flexibility index (Phi) is 7.08. The maximum Gasteiger partial charge on any atom is 0.365 e. The quantitative estimate of drug-likeness (QED) is 0.211. The number of hydrogen-bond acceptors (Lipinski definition) is 8. The first-order valence-corrected chi connectivity index (χ1v) is 10.1. The van der Waals surface area contributed by atoms with E-state index < -0.39 is 5.97 Å². The molecule has 0 bridgehead atoms. The first-order valence-electron chi connectivity index (χ1n) is 9.31. The number of anilines is 1. The fourth-order valence-corrected chi connectivity index (χ4v) is 3.31. The van der Waals surface area contributed by atoms with Crippen LogP contribution < -0.4 is 10.2 Å². The Bertz CT molecular complexity index is 1050. The fraction of sp³-hybridized carbons (Fsp3) is 0.238. The lowest BCUT2D eigenvalue weighted by Gasteiger charge is -2.08. The molecule has 0 saturated heterocycles. The molecule has 0 amide bonds. The van der Waals surface area contributed by atoms with Gasteiger partial charge in [-0.3, -0.25) is 5.43 Å². The van der Waals surface area contributed by atoms with Gasteiger partial charge in [-0.25, -0.2) is 4.79 Å². The van der Waals surface area contributed by atoms with Crippen molar-refractivity contribution in [1.29, 1.82) is 0 Å². The molecule has 156 valence electrons. The molecular formula is C21H23N5O3S. The molecule has 2 aromatic carbocycles. The minimum atomic E-state index is -0.530. The van der Waals surface area contributed by atoms with Crippen molar-refractivity contribution in [1.82, 2.24) is 14.8 Å². The molecule has 3 rings (SSSR count). The second-order valence-corrected chi connectivity index (χ2v) is 7.22. The number of carbonyl (C=O) groups excluding carboxylic acids is 1. The zero-order valence-electron chi connectivity index (χ0n) is 17.2. The van der Waals surface area contributed by atoms with Gasteiger partial charge in [-0.2, -0.15) is 5.10 Å². The minimum absolute atomic E-state index is 0.136. The third-order valence-corrected chi connectivity index (χ3v) is 5.23. The second-order valence-electron chi connectivity index (χ2n) is 6.26. The highest BCUT2D eigenvalue weighted by Crippen LogP contribution is 2.26. The number of para-hydroxylation sites is 1. The SMILES string of the molecule is CCOC(=O)C(=NNc1ccccc1C)Sc1nnc(-c2ccc(OC)cc2)n1C. The lowest BCUT2D eigenvalue weighted by Crippen LogP contribution is -2.17. The predicted molar refractivity (Wildman–Crippen MR) is 118 cm³/mol. The van der Waals surface area contributed by atoms with Gasteiger partial charge in [-0.1, -0.05) is 18.2 Å². The summed E-state index contributed by atoms with van der Waals surface area (Å²) < 4.78 is 12.1. The van der Waals surface area contributed by atoms with E-state index in [0.29, 0.717) is 11.0 Å². The van der Waals surface area contributed by atoms with Crippen LogP contribution in [-0.4, -0.2) is 39.5 Å². The Labute approximate surface area is 179 Å². The van der Waals surface area contributed by atoms with Gasteiger partial charge in [0.2, 0.25) is 5.04 Å². The summed E-state index contributed by atoms with van der Waals surface area (Å²) >= 11 is 1.09. The number of aryl methyl sites for hydroxylation is 1. The van der Waals surface area contributed by atoms with E-state index in [-0.39, 0.29) is 11.7 Å². The number of esters is 1. The molecular weight excluding hydrogens is 402 g/mol. The molecule has 0 aliphatic heterocycles. The van der Waals surface area contributed by atoms with Crippen LogP contribution in [0.25, 0.3) is 11.4 Å². The fourth-order valence-electron chi connectivity index (χ4n) is 2.59. The highest BCUT2D eigenvalue weighted by molar-refractivity contribution is 8.15. The van der Waals surface area contributed by atoms with Crippen molar-refractivity contribution in [2.75, 3.05) is 19.1 Å². The number of thioether (sulfide) groups is 1. The number of methoxy groups -OCH3 is 1. The van der Waals surface area contributed by atoms with Crippen molar-refractivity contribution in [3.05, 3.63) is 54.1 Å². The summed E-state index contributed by atoms with van der Waals surface area (Å²) in [7, 11) is 3.45. The lowest BCUT2D eigenvalue weighted by atomic mass is 10.2. The van der Waals surface area contributed by atoms with Gasteiger partial charge in [0, 0.05) is 12.6 Å². The van der Waals surface area contributed by atoms with Crippen LogP contribution in [0.1, 0.15) is 12.5 Å². The number of nitrogens with one attached hydrogen (secondary N) is 1. The summed E-state index contributed by atoms with van der Waals surface area (Å²) in [4.78, 5) is 12.4. The zero-order valence-corrected chi connectivity index (χ0v) is 18.1. The maximum atomic E-state index is 12.4. The smallest absolute Gasteiger partial charge is 0.365 e. The molecule has 0 spiro atoms. The van der Waals surface area contributed by atoms with E-state index in [0.717, 1.165) is 34.3 Å². The van der Waals surface area contributed by atoms with E-state index in [9.17, 15) is 4.79 Å². The summed E-state index contributed by atoms with van der Waals surface area (Å²) in [5.74, 6) is 0.891. The van der Waals surface area contributed by atoms with Gasteiger partial charge >= 0.3 is 5.97 Å². The van der Waals surface area contributed by atoms with Gasteiger partial charge in [0.1, 0.15) is 5.75 Å². The number of rotatable bonds is 6. The number of nitrogens with zero attached hydrogens (tertiary/aromatic N) is 4. The molecule has 1 heterocycles. The van der Waals surface area contributed by atoms with Crippen LogP contribution in [0, 0.1) is 6.92 Å². The normalized spacial score (nSPS) is 11.3. The summed E-state index contributed by atoms with van der Waals surface area (Å²) in [5.41, 5.74) is 5.63. The number of hydrogen-bond donors (Lipinski definition) is 1. The molecule has 3 aromatic rings. The Hall–Kier alpha value is -3.33. The molecule has 1 N–H and O–H groups in total. The molecule has 8 nitrogen and oxygen atoms in total. The monoisotopic (exact) mass is 425 g/mol. The minimum Gasteiger partial charge on any atom is -0.497 e. The molecule has 0 aliphatic carbocycles. The summed E-state index contributed by atoms with van der Waals surface area (Å²) in [6, 6.07) is 15.2. The molecule has 0 fully saturated rings. The van der Waals surface area contributed by atoms with Gasteiger partial charge in [-0.05, 0) is 61.5 Å². The standard InChI is InChI=1S/C21H23N5O3S/c1-5-29-20(27)19(24-22-17-9-7-6-8-14(17)2)30-21-25-23-18(26(21)3)15-10-12-16(28-4)13-11-15/h6-13,22H,5H2,1-4H3. The molecule has 0 aliphatic rings. The van der Waals surface area contributed by atoms with Crippen LogP contribution in [-0.2, 0) is 16.6 Å². The van der Waals surface area contributed by atoms with Gasteiger partial charge < -0.3 is 14.0 Å². The molecule has 0 unspecified atom stereocenters. The topological polar surface area (TPSA) is 90.6 Å². The van der Waals surface area contributed by atoms with Crippen LogP contribution >= 0.6 is 11.8 Å². The summed E-state index contributed by atoms with van der Waals surface area (Å²) in [5, 5.41) is 13.4. The first-order chi connectivity index (χ1) is 14.5. The van der Waals surface area contributed by atoms with E-state index >= 15 is 0 Å². The number of benzene rings is 2. The molecule has 1 aromatic heterocycles. The third kappa shape index (κ3) is 4.98. The molecule has 0 saturated carbocycles. The molecule has 30 heavy (non-hydrogen) atoms. The van der Waals surface area contributed by atoms with E-state index in [1.807, 2.05) is 62.5 Å². The van der Waals surface area contributed by atoms with Gasteiger partial charge in [0.05, 0.1) is 19.4 Å². The van der Waals surface area contributed by atoms with Crippen LogP contribution in [0.2, 0.25) is 0 Å². The highest BCUT2D eigenvalue weighted by atomic mass is 32.2. The number of hydrazone groups is 1. The lowest BCUT2D eigenvalue weighted by molar-refractivity contribution is -0.134. The van der Waals surface area contributed by atoms with Crippen LogP contribution in [0.4, 0.5) is 5.69 Å². The molecule has 9 heteroatoms. The zero-order chi connectivity index (χ0) is 21.5. The first kappa shape index (κ1) is 21.4. The van der Waals surface area contributed by atoms with E-state index in [4.69, 9.17) is 9.47 Å². The van der Waals surface area contributed by atoms with Crippen LogP contribution in [0.3, 0.4) is 0 Å². The molecule has 0 atom stereocenters. The van der Waals surface area contributed by atoms with E-state index in [2.05, 4.69) is 20.7 Å². The van der Waals surface area contributed by atoms with Crippen molar-refractivity contribution < 1.29 is 14.3 Å². The second kappa shape index (κ2) is 9.93. The van der Waals surface area contributed by atoms with Crippen molar-refractivity contribution in [3.8, 4) is 17.1 Å². The van der Waals surface area contributed by atoms with Crippen molar-refractivity contribution >= 4 is 28.5 Å². The van der Waals surface area contributed by atoms with Crippen molar-refractivity contribution in [2.45, 2.75) is 19.0 Å². The Morgan fingerprint density at radius 2 is 1.90 bits per heavy atom. The number of ether oxygens (including phenoxy) is 2. The Morgan fingerprint density at radius 1 is 1.17 bits per heavy atom. The van der Waals surface area contributed by atoms with Gasteiger partial charge in [0.25, 0.3) is 0 Å². The summed E-state index contributed by atoms with van der Waals surface area (Å²) in [6.45, 7) is 3.95. The van der Waals surface area contributed by atoms with Crippen LogP contribution in [0.5, 0.6) is 5.75 Å². The third-order valence-electron chi connectivity index (χ3n) is 4.24. The van der Waals surface area contributed by atoms with E-state index in [1.165, 1.54) is 0 Å². The Balaban J connectivity index is 1.85. The predicted octanol–water partition coefficient (Wildman–Crippen LogP) is 3.88. The van der Waals surface area contributed by atoms with E-state index in [1.54, 1.807) is 18.6 Å².